The summed E-state index contributed by atoms with van der Waals surface area (Å²) in [5, 5.41) is 22.6. The first-order chi connectivity index (χ1) is 10.0. The number of pyridine rings is 1. The van der Waals surface area contributed by atoms with Crippen LogP contribution in [-0.4, -0.2) is 21.0 Å². The quantitative estimate of drug-likeness (QED) is 0.507. The van der Waals surface area contributed by atoms with E-state index < -0.39 is 16.6 Å². The highest BCUT2D eigenvalue weighted by molar-refractivity contribution is 5.94. The van der Waals surface area contributed by atoms with E-state index in [-0.39, 0.29) is 11.4 Å². The molecule has 21 heavy (non-hydrogen) atoms. The van der Waals surface area contributed by atoms with Gasteiger partial charge in [0.2, 0.25) is 0 Å². The van der Waals surface area contributed by atoms with Crippen LogP contribution in [0.15, 0.2) is 36.5 Å². The van der Waals surface area contributed by atoms with E-state index in [1.54, 1.807) is 24.3 Å². The molecule has 0 radical (unpaired) electrons. The molecular formula is C14H9N3O4. The van der Waals surface area contributed by atoms with Crippen molar-refractivity contribution >= 4 is 23.2 Å². The molecule has 2 N–H and O–H groups in total. The predicted molar refractivity (Wildman–Crippen MR) is 75.5 cm³/mol. The minimum absolute atomic E-state index is 0.00210. The Balaban J connectivity index is 2.41. The molecule has 0 atom stereocenters. The van der Waals surface area contributed by atoms with Gasteiger partial charge in [0.1, 0.15) is 17.6 Å². The lowest BCUT2D eigenvalue weighted by atomic mass is 10.2. The van der Waals surface area contributed by atoms with Crippen LogP contribution in [0.2, 0.25) is 0 Å². The Labute approximate surface area is 119 Å². The number of carboxylic acid groups (broad SMARTS) is 1. The molecule has 104 valence electrons. The van der Waals surface area contributed by atoms with Crippen LogP contribution in [-0.2, 0) is 0 Å². The molecule has 0 saturated carbocycles. The number of aromatic nitrogens is 1. The van der Waals surface area contributed by atoms with Crippen LogP contribution in [0.5, 0.6) is 0 Å². The maximum Gasteiger partial charge on any atom is 0.339 e. The van der Waals surface area contributed by atoms with Crippen LogP contribution in [0.4, 0.5) is 17.2 Å². The summed E-state index contributed by atoms with van der Waals surface area (Å²) in [7, 11) is 0. The lowest BCUT2D eigenvalue weighted by molar-refractivity contribution is -0.385. The molecule has 0 amide bonds. The van der Waals surface area contributed by atoms with Crippen LogP contribution in [0.1, 0.15) is 15.9 Å². The van der Waals surface area contributed by atoms with E-state index in [0.29, 0.717) is 11.3 Å². The fraction of sp³-hybridized carbons (Fsp3) is 0. The molecule has 0 aliphatic heterocycles. The van der Waals surface area contributed by atoms with Crippen molar-refractivity contribution in [1.82, 2.24) is 4.98 Å². The van der Waals surface area contributed by atoms with Gasteiger partial charge in [0.15, 0.2) is 0 Å². The molecule has 7 heteroatoms. The molecule has 0 bridgehead atoms. The third-order valence-electron chi connectivity index (χ3n) is 2.61. The van der Waals surface area contributed by atoms with Gasteiger partial charge in [-0.3, -0.25) is 10.1 Å². The van der Waals surface area contributed by atoms with Gasteiger partial charge >= 0.3 is 5.97 Å². The van der Waals surface area contributed by atoms with Gasteiger partial charge in [-0.1, -0.05) is 12.0 Å². The number of carbonyl (C=O) groups is 1. The Morgan fingerprint density at radius 1 is 1.43 bits per heavy atom. The molecule has 0 aliphatic carbocycles. The average Bonchev–Trinajstić information content (AvgIpc) is 2.47. The molecule has 1 aromatic heterocycles. The monoisotopic (exact) mass is 283 g/mol. The summed E-state index contributed by atoms with van der Waals surface area (Å²) >= 11 is 0. The van der Waals surface area contributed by atoms with Crippen LogP contribution < -0.4 is 5.32 Å². The Bertz CT molecular complexity index is 765. The van der Waals surface area contributed by atoms with Crippen molar-refractivity contribution in [2.45, 2.75) is 0 Å². The second kappa shape index (κ2) is 5.71. The van der Waals surface area contributed by atoms with Gasteiger partial charge in [-0.25, -0.2) is 9.78 Å². The summed E-state index contributed by atoms with van der Waals surface area (Å²) in [6, 6.07) is 7.67. The average molecular weight is 283 g/mol. The SMILES string of the molecule is C#Cc1cccc(Nc2ncc([N+](=O)[O-])cc2C(=O)O)c1. The van der Waals surface area contributed by atoms with Crippen LogP contribution in [0.25, 0.3) is 0 Å². The Morgan fingerprint density at radius 3 is 2.81 bits per heavy atom. The lowest BCUT2D eigenvalue weighted by Crippen LogP contribution is -2.06. The zero-order valence-corrected chi connectivity index (χ0v) is 10.6. The maximum atomic E-state index is 11.2. The van der Waals surface area contributed by atoms with Crippen molar-refractivity contribution in [3.8, 4) is 12.3 Å². The fourth-order valence-corrected chi connectivity index (χ4v) is 1.64. The van der Waals surface area contributed by atoms with Gasteiger partial charge in [-0.15, -0.1) is 6.42 Å². The Morgan fingerprint density at radius 2 is 2.19 bits per heavy atom. The highest BCUT2D eigenvalue weighted by atomic mass is 16.6. The molecule has 0 unspecified atom stereocenters. The molecule has 1 heterocycles. The number of hydrogen-bond acceptors (Lipinski definition) is 5. The summed E-state index contributed by atoms with van der Waals surface area (Å²) in [4.78, 5) is 24.9. The van der Waals surface area contributed by atoms with Crippen molar-refractivity contribution in [3.63, 3.8) is 0 Å². The van der Waals surface area contributed by atoms with Crippen molar-refractivity contribution in [3.05, 3.63) is 57.8 Å². The number of anilines is 2. The Hall–Kier alpha value is -3.40. The minimum atomic E-state index is -1.32. The fourth-order valence-electron chi connectivity index (χ4n) is 1.64. The second-order valence-electron chi connectivity index (χ2n) is 4.00. The minimum Gasteiger partial charge on any atom is -0.478 e. The lowest BCUT2D eigenvalue weighted by Gasteiger charge is -2.08. The van der Waals surface area contributed by atoms with Crippen LogP contribution in [0, 0.1) is 22.5 Å². The normalized spacial score (nSPS) is 9.67. The number of aromatic carboxylic acids is 1. The van der Waals surface area contributed by atoms with Crippen LogP contribution in [0.3, 0.4) is 0 Å². The van der Waals surface area contributed by atoms with E-state index in [1.807, 2.05) is 0 Å². The molecule has 0 saturated heterocycles. The zero-order valence-electron chi connectivity index (χ0n) is 10.6. The molecule has 0 aliphatic rings. The van der Waals surface area contributed by atoms with E-state index >= 15 is 0 Å². The first-order valence-corrected chi connectivity index (χ1v) is 5.72. The van der Waals surface area contributed by atoms with E-state index in [1.165, 1.54) is 0 Å². The number of carboxylic acids is 1. The smallest absolute Gasteiger partial charge is 0.339 e. The largest absolute Gasteiger partial charge is 0.478 e. The van der Waals surface area contributed by atoms with Gasteiger partial charge in [0.05, 0.1) is 4.92 Å². The van der Waals surface area contributed by atoms with E-state index in [0.717, 1.165) is 12.3 Å². The van der Waals surface area contributed by atoms with Gasteiger partial charge in [-0.05, 0) is 18.2 Å². The third kappa shape index (κ3) is 3.13. The van der Waals surface area contributed by atoms with Crippen molar-refractivity contribution in [2.24, 2.45) is 0 Å². The standard InChI is InChI=1S/C14H9N3O4/c1-2-9-4-3-5-10(6-9)16-13-12(14(18)19)7-11(8-15-13)17(20)21/h1,3-8H,(H,15,16)(H,18,19). The van der Waals surface area contributed by atoms with Crippen molar-refractivity contribution in [1.29, 1.82) is 0 Å². The summed E-state index contributed by atoms with van der Waals surface area (Å²) in [6.45, 7) is 0. The van der Waals surface area contributed by atoms with E-state index in [2.05, 4.69) is 16.2 Å². The van der Waals surface area contributed by atoms with E-state index in [4.69, 9.17) is 11.5 Å². The molecular weight excluding hydrogens is 274 g/mol. The predicted octanol–water partition coefficient (Wildman–Crippen LogP) is 2.41. The maximum absolute atomic E-state index is 11.2. The van der Waals surface area contributed by atoms with Gasteiger partial charge in [0, 0.05) is 17.3 Å². The number of nitrogens with zero attached hydrogens (tertiary/aromatic N) is 2. The molecule has 1 aromatic carbocycles. The number of hydrogen-bond donors (Lipinski definition) is 2. The van der Waals surface area contributed by atoms with Crippen molar-refractivity contribution in [2.75, 3.05) is 5.32 Å². The summed E-state index contributed by atoms with van der Waals surface area (Å²) in [6.07, 6.45) is 6.27. The third-order valence-corrected chi connectivity index (χ3v) is 2.61. The molecule has 2 rings (SSSR count). The second-order valence-corrected chi connectivity index (χ2v) is 4.00. The number of nitro groups is 1. The number of nitrogens with one attached hydrogen (secondary N) is 1. The summed E-state index contributed by atoms with van der Waals surface area (Å²) in [5.41, 5.74) is 0.457. The highest BCUT2D eigenvalue weighted by Crippen LogP contribution is 2.23. The van der Waals surface area contributed by atoms with E-state index in [9.17, 15) is 14.9 Å². The first-order valence-electron chi connectivity index (χ1n) is 5.72. The molecule has 2 aromatic rings. The van der Waals surface area contributed by atoms with Crippen molar-refractivity contribution < 1.29 is 14.8 Å². The van der Waals surface area contributed by atoms with Gasteiger partial charge in [0.25, 0.3) is 5.69 Å². The first kappa shape index (κ1) is 14.0. The highest BCUT2D eigenvalue weighted by Gasteiger charge is 2.17. The zero-order chi connectivity index (χ0) is 15.4. The Kier molecular flexibility index (Phi) is 3.81. The molecule has 0 fully saturated rings. The topological polar surface area (TPSA) is 105 Å². The molecule has 0 spiro atoms. The summed E-state index contributed by atoms with van der Waals surface area (Å²) < 4.78 is 0. The van der Waals surface area contributed by atoms with Crippen LogP contribution >= 0.6 is 0 Å². The molecule has 7 nitrogen and oxygen atoms in total. The summed E-state index contributed by atoms with van der Waals surface area (Å²) in [5.74, 6) is 1.13. The number of rotatable bonds is 4. The van der Waals surface area contributed by atoms with Gasteiger partial charge < -0.3 is 10.4 Å². The van der Waals surface area contributed by atoms with Gasteiger partial charge in [-0.2, -0.15) is 0 Å². The number of benzene rings is 1. The number of terminal acetylenes is 1.